The number of aliphatic hydroxyl groups excluding tert-OH is 8. The van der Waals surface area contributed by atoms with Gasteiger partial charge in [-0.25, -0.2) is 0 Å². The number of carbonyl (C=O) groups is 1. The van der Waals surface area contributed by atoms with Crippen LogP contribution in [0.4, 0.5) is 0 Å². The Morgan fingerprint density at radius 1 is 0.547 bits per heavy atom. The third-order valence-electron chi connectivity index (χ3n) is 12.6. The van der Waals surface area contributed by atoms with Gasteiger partial charge in [-0.05, 0) is 32.1 Å². The Bertz CT molecular complexity index is 1170. The topological polar surface area (TPSA) is 228 Å². The van der Waals surface area contributed by atoms with E-state index in [1.54, 1.807) is 6.08 Å². The highest BCUT2D eigenvalue weighted by atomic mass is 16.7. The number of amides is 1. The summed E-state index contributed by atoms with van der Waals surface area (Å²) in [5.74, 6) is -0.249. The van der Waals surface area contributed by atoms with Crippen LogP contribution in [0.1, 0.15) is 194 Å². The quantitative estimate of drug-likeness (QED) is 0.0236. The van der Waals surface area contributed by atoms with Crippen molar-refractivity contribution in [1.29, 1.82) is 0 Å². The molecule has 0 aromatic carbocycles. The zero-order valence-corrected chi connectivity index (χ0v) is 39.8. The van der Waals surface area contributed by atoms with E-state index in [9.17, 15) is 45.6 Å². The molecule has 2 aliphatic heterocycles. The molecule has 12 atom stereocenters. The molecular formula is C50H93NO13. The SMILES string of the molecule is CCCCCCCCCCC/C=C/CC/C=C/C(O)C(COC1OC(CO)C(OC2OC(CO)C(O)C(O)C2O)C(O)C1O)NC(=O)CCCCCCCCCCCCCCCCC. The first kappa shape index (κ1) is 58.6. The molecule has 2 fully saturated rings. The van der Waals surface area contributed by atoms with Crippen LogP contribution < -0.4 is 5.32 Å². The summed E-state index contributed by atoms with van der Waals surface area (Å²) >= 11 is 0. The molecule has 2 saturated heterocycles. The van der Waals surface area contributed by atoms with Crippen molar-refractivity contribution in [2.45, 2.75) is 267 Å². The molecule has 0 radical (unpaired) electrons. The van der Waals surface area contributed by atoms with Gasteiger partial charge in [0, 0.05) is 6.42 Å². The molecule has 0 aliphatic carbocycles. The molecule has 14 heteroatoms. The number of aliphatic hydroxyl groups is 8. The maximum absolute atomic E-state index is 13.2. The standard InChI is InChI=1S/C50H93NO13/c1-3-5-7-9-11-13-15-17-19-21-23-25-27-29-31-33-39(54)38(51-42(55)34-32-30-28-26-24-22-20-18-16-14-12-10-8-6-4-2)37-61-49-47(60)45(58)48(41(36-53)63-49)64-50-46(59)44(57)43(56)40(35-52)62-50/h23,25,31,33,38-41,43-50,52-54,56-60H,3-22,24,26-30,32,34-37H2,1-2H3,(H,51,55)/b25-23+,33-31+. The predicted molar refractivity (Wildman–Crippen MR) is 249 cm³/mol. The Hall–Kier alpha value is -1.53. The zero-order valence-electron chi connectivity index (χ0n) is 39.8. The summed E-state index contributed by atoms with van der Waals surface area (Å²) < 4.78 is 22.7. The van der Waals surface area contributed by atoms with E-state index >= 15 is 0 Å². The largest absolute Gasteiger partial charge is 0.394 e. The third kappa shape index (κ3) is 24.5. The molecule has 64 heavy (non-hydrogen) atoms. The molecule has 14 nitrogen and oxygen atoms in total. The Balaban J connectivity index is 1.87. The average Bonchev–Trinajstić information content (AvgIpc) is 3.29. The number of ether oxygens (including phenoxy) is 4. The van der Waals surface area contributed by atoms with Gasteiger partial charge in [0.25, 0.3) is 0 Å². The zero-order chi connectivity index (χ0) is 46.8. The Morgan fingerprint density at radius 3 is 1.53 bits per heavy atom. The van der Waals surface area contributed by atoms with Gasteiger partial charge in [-0.3, -0.25) is 4.79 Å². The molecule has 2 heterocycles. The lowest BCUT2D eigenvalue weighted by molar-refractivity contribution is -0.359. The molecule has 0 saturated carbocycles. The van der Waals surface area contributed by atoms with Crippen LogP contribution in [0.2, 0.25) is 0 Å². The van der Waals surface area contributed by atoms with Gasteiger partial charge in [0.05, 0.1) is 32.0 Å². The van der Waals surface area contributed by atoms with Crippen LogP contribution in [-0.4, -0.2) is 140 Å². The molecule has 9 N–H and O–H groups in total. The first-order valence-electron chi connectivity index (χ1n) is 25.6. The summed E-state index contributed by atoms with van der Waals surface area (Å²) in [6.45, 7) is 2.76. The van der Waals surface area contributed by atoms with Gasteiger partial charge in [-0.2, -0.15) is 0 Å². The first-order valence-corrected chi connectivity index (χ1v) is 25.6. The molecule has 0 aromatic heterocycles. The fourth-order valence-electron chi connectivity index (χ4n) is 8.42. The molecular weight excluding hydrogens is 823 g/mol. The lowest BCUT2D eigenvalue weighted by atomic mass is 9.97. The van der Waals surface area contributed by atoms with Crippen LogP contribution in [0.3, 0.4) is 0 Å². The summed E-state index contributed by atoms with van der Waals surface area (Å²) in [5, 5.41) is 86.7. The number of nitrogens with one attached hydrogen (secondary N) is 1. The van der Waals surface area contributed by atoms with Crippen LogP contribution in [0, 0.1) is 0 Å². The van der Waals surface area contributed by atoms with E-state index in [1.165, 1.54) is 128 Å². The highest BCUT2D eigenvalue weighted by Gasteiger charge is 2.51. The van der Waals surface area contributed by atoms with E-state index < -0.39 is 86.8 Å². The molecule has 12 unspecified atom stereocenters. The monoisotopic (exact) mass is 916 g/mol. The van der Waals surface area contributed by atoms with Gasteiger partial charge >= 0.3 is 0 Å². The fraction of sp³-hybridized carbons (Fsp3) is 0.900. The Kier molecular flexibility index (Phi) is 34.3. The molecule has 1 amide bonds. The minimum atomic E-state index is -1.79. The lowest BCUT2D eigenvalue weighted by Gasteiger charge is -2.46. The molecule has 0 spiro atoms. The van der Waals surface area contributed by atoms with Gasteiger partial charge in [0.15, 0.2) is 12.6 Å². The fourth-order valence-corrected chi connectivity index (χ4v) is 8.42. The maximum Gasteiger partial charge on any atom is 0.220 e. The van der Waals surface area contributed by atoms with Crippen molar-refractivity contribution in [3.63, 3.8) is 0 Å². The van der Waals surface area contributed by atoms with E-state index in [0.29, 0.717) is 12.8 Å². The summed E-state index contributed by atoms with van der Waals surface area (Å²) in [6.07, 6.45) is 23.6. The van der Waals surface area contributed by atoms with E-state index in [0.717, 1.165) is 32.1 Å². The maximum atomic E-state index is 13.2. The van der Waals surface area contributed by atoms with E-state index in [2.05, 4.69) is 31.3 Å². The summed E-state index contributed by atoms with van der Waals surface area (Å²) in [5.41, 5.74) is 0. The van der Waals surface area contributed by atoms with Crippen LogP contribution in [0.25, 0.3) is 0 Å². The van der Waals surface area contributed by atoms with Crippen LogP contribution >= 0.6 is 0 Å². The number of hydrogen-bond acceptors (Lipinski definition) is 13. The number of carbonyl (C=O) groups excluding carboxylic acids is 1. The van der Waals surface area contributed by atoms with Crippen molar-refractivity contribution < 1.29 is 64.6 Å². The second kappa shape index (κ2) is 37.5. The second-order valence-corrected chi connectivity index (χ2v) is 18.3. The number of rotatable bonds is 39. The number of allylic oxidation sites excluding steroid dienone is 3. The van der Waals surface area contributed by atoms with Crippen molar-refractivity contribution in [3.05, 3.63) is 24.3 Å². The smallest absolute Gasteiger partial charge is 0.220 e. The van der Waals surface area contributed by atoms with Gasteiger partial charge in [-0.1, -0.05) is 179 Å². The normalized spacial score (nSPS) is 27.4. The highest BCUT2D eigenvalue weighted by molar-refractivity contribution is 5.76. The molecule has 2 rings (SSSR count). The van der Waals surface area contributed by atoms with Crippen molar-refractivity contribution in [2.24, 2.45) is 0 Å². The lowest BCUT2D eigenvalue weighted by Crippen LogP contribution is -2.65. The van der Waals surface area contributed by atoms with E-state index in [-0.39, 0.29) is 18.9 Å². The highest BCUT2D eigenvalue weighted by Crippen LogP contribution is 2.30. The van der Waals surface area contributed by atoms with Crippen molar-refractivity contribution >= 4 is 5.91 Å². The second-order valence-electron chi connectivity index (χ2n) is 18.3. The molecule has 376 valence electrons. The Morgan fingerprint density at radius 2 is 1.00 bits per heavy atom. The van der Waals surface area contributed by atoms with Crippen LogP contribution in [-0.2, 0) is 23.7 Å². The van der Waals surface area contributed by atoms with Crippen LogP contribution in [0.15, 0.2) is 24.3 Å². The van der Waals surface area contributed by atoms with E-state index in [4.69, 9.17) is 18.9 Å². The van der Waals surface area contributed by atoms with Gasteiger partial charge in [-0.15, -0.1) is 0 Å². The third-order valence-corrected chi connectivity index (χ3v) is 12.6. The summed E-state index contributed by atoms with van der Waals surface area (Å²) in [4.78, 5) is 13.2. The van der Waals surface area contributed by atoms with Crippen LogP contribution in [0.5, 0.6) is 0 Å². The first-order chi connectivity index (χ1) is 31.1. The van der Waals surface area contributed by atoms with Gasteiger partial charge in [0.2, 0.25) is 5.91 Å². The van der Waals surface area contributed by atoms with Gasteiger partial charge < -0.3 is 65.1 Å². The van der Waals surface area contributed by atoms with E-state index in [1.807, 2.05) is 6.08 Å². The predicted octanol–water partition coefficient (Wildman–Crippen LogP) is 6.55. The van der Waals surface area contributed by atoms with Crippen molar-refractivity contribution in [1.82, 2.24) is 5.32 Å². The minimum Gasteiger partial charge on any atom is -0.394 e. The van der Waals surface area contributed by atoms with Gasteiger partial charge in [0.1, 0.15) is 48.8 Å². The summed E-state index contributed by atoms with van der Waals surface area (Å²) in [7, 11) is 0. The molecule has 2 aliphatic rings. The van der Waals surface area contributed by atoms with Crippen molar-refractivity contribution in [2.75, 3.05) is 19.8 Å². The molecule has 0 bridgehead atoms. The number of unbranched alkanes of at least 4 members (excludes halogenated alkanes) is 24. The molecule has 0 aromatic rings. The van der Waals surface area contributed by atoms with Crippen molar-refractivity contribution in [3.8, 4) is 0 Å². The Labute approximate surface area is 386 Å². The number of hydrogen-bond donors (Lipinski definition) is 9. The average molecular weight is 916 g/mol. The minimum absolute atomic E-state index is 0.249. The summed E-state index contributed by atoms with van der Waals surface area (Å²) in [6, 6.07) is -0.925.